The SMILES string of the molecule is Cn1cnc(-c2ccc(CN3Cc4ccnc(COc5ccc(C(F)(F)F)cc5F)c4C3=O)cc2)c1. The van der Waals surface area contributed by atoms with Gasteiger partial charge in [-0.15, -0.1) is 0 Å². The van der Waals surface area contributed by atoms with E-state index in [2.05, 4.69) is 9.97 Å². The van der Waals surface area contributed by atoms with Crippen molar-refractivity contribution in [1.29, 1.82) is 0 Å². The third-order valence-corrected chi connectivity index (χ3v) is 5.93. The number of amides is 1. The molecule has 36 heavy (non-hydrogen) atoms. The largest absolute Gasteiger partial charge is 0.484 e. The monoisotopic (exact) mass is 496 g/mol. The summed E-state index contributed by atoms with van der Waals surface area (Å²) in [5.74, 6) is -1.73. The average Bonchev–Trinajstić information content (AvgIpc) is 3.41. The van der Waals surface area contributed by atoms with Crippen molar-refractivity contribution in [1.82, 2.24) is 19.4 Å². The maximum absolute atomic E-state index is 14.2. The molecule has 184 valence electrons. The first-order chi connectivity index (χ1) is 17.2. The number of rotatable bonds is 6. The minimum absolute atomic E-state index is 0.238. The molecule has 0 bridgehead atoms. The Morgan fingerprint density at radius 3 is 2.50 bits per heavy atom. The van der Waals surface area contributed by atoms with Crippen LogP contribution in [0.25, 0.3) is 11.3 Å². The standard InChI is InChI=1S/C26H20F4N4O2/c1-33-13-21(32-15-33)17-4-2-16(3-5-17)11-34-12-18-8-9-31-22(24(18)25(34)35)14-36-23-7-6-19(10-20(23)27)26(28,29)30/h2-10,13,15H,11-12,14H2,1H3. The van der Waals surface area contributed by atoms with Crippen molar-refractivity contribution >= 4 is 5.91 Å². The fourth-order valence-corrected chi connectivity index (χ4v) is 4.12. The van der Waals surface area contributed by atoms with Gasteiger partial charge in [-0.3, -0.25) is 9.78 Å². The van der Waals surface area contributed by atoms with Crippen molar-refractivity contribution in [3.8, 4) is 17.0 Å². The number of carbonyl (C=O) groups excluding carboxylic acids is 1. The van der Waals surface area contributed by atoms with Crippen molar-refractivity contribution in [3.05, 3.63) is 101 Å². The second-order valence-electron chi connectivity index (χ2n) is 8.51. The van der Waals surface area contributed by atoms with E-state index in [0.717, 1.165) is 34.5 Å². The first kappa shape index (κ1) is 23.5. The van der Waals surface area contributed by atoms with Gasteiger partial charge in [-0.25, -0.2) is 9.37 Å². The predicted octanol–water partition coefficient (Wildman–Crippen LogP) is 5.38. The molecule has 5 rings (SSSR count). The van der Waals surface area contributed by atoms with E-state index in [9.17, 15) is 22.4 Å². The molecule has 0 saturated heterocycles. The number of halogens is 4. The zero-order valence-corrected chi connectivity index (χ0v) is 19.1. The summed E-state index contributed by atoms with van der Waals surface area (Å²) in [6.07, 6.45) is 0.516. The number of pyridine rings is 1. The van der Waals surface area contributed by atoms with Gasteiger partial charge >= 0.3 is 6.18 Å². The molecule has 10 heteroatoms. The summed E-state index contributed by atoms with van der Waals surface area (Å²) in [5, 5.41) is 0. The predicted molar refractivity (Wildman–Crippen MR) is 122 cm³/mol. The molecule has 1 amide bonds. The van der Waals surface area contributed by atoms with Crippen LogP contribution in [-0.4, -0.2) is 25.3 Å². The van der Waals surface area contributed by atoms with E-state index in [-0.39, 0.29) is 18.3 Å². The topological polar surface area (TPSA) is 60.3 Å². The van der Waals surface area contributed by atoms with E-state index in [4.69, 9.17) is 4.74 Å². The van der Waals surface area contributed by atoms with Crippen molar-refractivity contribution in [2.75, 3.05) is 0 Å². The number of fused-ring (bicyclic) bond motifs is 1. The van der Waals surface area contributed by atoms with Crippen molar-refractivity contribution in [2.45, 2.75) is 25.9 Å². The van der Waals surface area contributed by atoms with Crippen molar-refractivity contribution < 1.29 is 27.1 Å². The lowest BCUT2D eigenvalue weighted by Gasteiger charge is -2.16. The van der Waals surface area contributed by atoms with Gasteiger partial charge in [-0.1, -0.05) is 24.3 Å². The summed E-state index contributed by atoms with van der Waals surface area (Å²) in [7, 11) is 1.90. The van der Waals surface area contributed by atoms with Gasteiger partial charge in [0.05, 0.1) is 28.8 Å². The summed E-state index contributed by atoms with van der Waals surface area (Å²) in [6, 6.07) is 11.6. The summed E-state index contributed by atoms with van der Waals surface area (Å²) in [4.78, 5) is 23.4. The molecule has 0 fully saturated rings. The van der Waals surface area contributed by atoms with E-state index in [1.165, 1.54) is 6.20 Å². The fraction of sp³-hybridized carbons (Fsp3) is 0.192. The van der Waals surface area contributed by atoms with E-state index >= 15 is 0 Å². The lowest BCUT2D eigenvalue weighted by Crippen LogP contribution is -2.24. The van der Waals surface area contributed by atoms with Gasteiger partial charge in [-0.05, 0) is 35.4 Å². The summed E-state index contributed by atoms with van der Waals surface area (Å²) in [5.41, 5.74) is 3.08. The number of aryl methyl sites for hydroxylation is 1. The minimum atomic E-state index is -4.66. The van der Waals surface area contributed by atoms with Crippen LogP contribution in [0.15, 0.2) is 67.3 Å². The van der Waals surface area contributed by atoms with Crippen LogP contribution < -0.4 is 4.74 Å². The lowest BCUT2D eigenvalue weighted by molar-refractivity contribution is -0.137. The number of ether oxygens (including phenoxy) is 1. The Bertz CT molecular complexity index is 1430. The molecule has 1 aliphatic heterocycles. The molecule has 0 radical (unpaired) electrons. The molecule has 0 N–H and O–H groups in total. The minimum Gasteiger partial charge on any atom is -0.484 e. The van der Waals surface area contributed by atoms with Gasteiger partial charge < -0.3 is 14.2 Å². The molecule has 0 atom stereocenters. The molecule has 4 aromatic rings. The molecular weight excluding hydrogens is 476 g/mol. The number of benzene rings is 2. The van der Waals surface area contributed by atoms with E-state index in [0.29, 0.717) is 30.4 Å². The van der Waals surface area contributed by atoms with Crippen LogP contribution in [0.4, 0.5) is 17.6 Å². The van der Waals surface area contributed by atoms with Crippen LogP contribution in [0.2, 0.25) is 0 Å². The maximum Gasteiger partial charge on any atom is 0.416 e. The molecule has 0 aliphatic carbocycles. The first-order valence-corrected chi connectivity index (χ1v) is 11.0. The summed E-state index contributed by atoms with van der Waals surface area (Å²) >= 11 is 0. The molecule has 6 nitrogen and oxygen atoms in total. The molecular formula is C26H20F4N4O2. The molecule has 0 unspecified atom stereocenters. The summed E-state index contributed by atoms with van der Waals surface area (Å²) < 4.78 is 59.7. The molecule has 3 heterocycles. The number of hydrogen-bond acceptors (Lipinski definition) is 4. The third kappa shape index (κ3) is 4.66. The van der Waals surface area contributed by atoms with Gasteiger partial charge in [-0.2, -0.15) is 13.2 Å². The Morgan fingerprint density at radius 2 is 1.83 bits per heavy atom. The highest BCUT2D eigenvalue weighted by atomic mass is 19.4. The Labute approximate surface area is 203 Å². The zero-order chi connectivity index (χ0) is 25.4. The third-order valence-electron chi connectivity index (χ3n) is 5.93. The Kier molecular flexibility index (Phi) is 5.95. The van der Waals surface area contributed by atoms with Crippen LogP contribution in [-0.2, 0) is 32.9 Å². The highest BCUT2D eigenvalue weighted by Gasteiger charge is 2.32. The molecule has 2 aromatic carbocycles. The number of imidazole rings is 1. The molecule has 2 aromatic heterocycles. The van der Waals surface area contributed by atoms with Crippen molar-refractivity contribution in [3.63, 3.8) is 0 Å². The van der Waals surface area contributed by atoms with Gasteiger partial charge in [0, 0.05) is 38.1 Å². The lowest BCUT2D eigenvalue weighted by atomic mass is 10.1. The molecule has 0 spiro atoms. The smallest absolute Gasteiger partial charge is 0.416 e. The van der Waals surface area contributed by atoms with Gasteiger partial charge in [0.1, 0.15) is 6.61 Å². The molecule has 0 saturated carbocycles. The fourth-order valence-electron chi connectivity index (χ4n) is 4.12. The van der Waals surface area contributed by atoms with E-state index in [1.807, 2.05) is 42.1 Å². The van der Waals surface area contributed by atoms with Crippen molar-refractivity contribution in [2.24, 2.45) is 7.05 Å². The van der Waals surface area contributed by atoms with E-state index < -0.39 is 17.6 Å². The van der Waals surface area contributed by atoms with Crippen LogP contribution in [0.5, 0.6) is 5.75 Å². The van der Waals surface area contributed by atoms with E-state index in [1.54, 1.807) is 17.3 Å². The van der Waals surface area contributed by atoms with Gasteiger partial charge in [0.15, 0.2) is 11.6 Å². The first-order valence-electron chi connectivity index (χ1n) is 11.0. The Balaban J connectivity index is 1.28. The quantitative estimate of drug-likeness (QED) is 0.337. The zero-order valence-electron chi connectivity index (χ0n) is 19.1. The van der Waals surface area contributed by atoms with Crippen LogP contribution in [0, 0.1) is 5.82 Å². The number of nitrogens with zero attached hydrogens (tertiary/aromatic N) is 4. The highest BCUT2D eigenvalue weighted by Crippen LogP contribution is 2.33. The van der Waals surface area contributed by atoms with Crippen LogP contribution in [0.3, 0.4) is 0 Å². The Hall–Kier alpha value is -4.21. The second kappa shape index (κ2) is 9.10. The normalized spacial score (nSPS) is 13.2. The molecule has 1 aliphatic rings. The van der Waals surface area contributed by atoms with Crippen LogP contribution >= 0.6 is 0 Å². The second-order valence-corrected chi connectivity index (χ2v) is 8.51. The summed E-state index contributed by atoms with van der Waals surface area (Å²) in [6.45, 7) is 0.494. The number of aromatic nitrogens is 3. The number of carbonyl (C=O) groups is 1. The van der Waals surface area contributed by atoms with Crippen LogP contribution in [0.1, 0.15) is 32.7 Å². The Morgan fingerprint density at radius 1 is 1.06 bits per heavy atom. The number of hydrogen-bond donors (Lipinski definition) is 0. The maximum atomic E-state index is 14.2. The highest BCUT2D eigenvalue weighted by molar-refractivity contribution is 5.99. The number of alkyl halides is 3. The van der Waals surface area contributed by atoms with Gasteiger partial charge in [0.2, 0.25) is 0 Å². The average molecular weight is 496 g/mol. The van der Waals surface area contributed by atoms with Gasteiger partial charge in [0.25, 0.3) is 5.91 Å².